The number of hydrogen-bond acceptors (Lipinski definition) is 3. The average Bonchev–Trinajstić information content (AvgIpc) is 2.55. The lowest BCUT2D eigenvalue weighted by atomic mass is 10.3. The quantitative estimate of drug-likeness (QED) is 0.663. The van der Waals surface area contributed by atoms with Gasteiger partial charge in [0.25, 0.3) is 0 Å². The Bertz CT molecular complexity index is 122. The number of likely N-dealkylation sites (tertiary alicyclic amines) is 1. The summed E-state index contributed by atoms with van der Waals surface area (Å²) in [4.78, 5) is 2.57. The van der Waals surface area contributed by atoms with Crippen molar-refractivity contribution in [2.24, 2.45) is 5.73 Å². The van der Waals surface area contributed by atoms with Crippen molar-refractivity contribution in [2.45, 2.75) is 32.2 Å². The number of hydrogen-bond donors (Lipinski definition) is 1. The summed E-state index contributed by atoms with van der Waals surface area (Å²) in [6.07, 6.45) is 3.97. The van der Waals surface area contributed by atoms with E-state index in [1.807, 2.05) is 11.8 Å². The molecule has 0 spiro atoms. The van der Waals surface area contributed by atoms with Gasteiger partial charge in [0.2, 0.25) is 0 Å². The first-order valence-corrected chi connectivity index (χ1v) is 6.50. The second kappa shape index (κ2) is 6.68. The second-order valence-corrected chi connectivity index (χ2v) is 5.15. The van der Waals surface area contributed by atoms with Gasteiger partial charge >= 0.3 is 0 Å². The van der Waals surface area contributed by atoms with Crippen LogP contribution in [0.4, 0.5) is 0 Å². The highest BCUT2D eigenvalue weighted by atomic mass is 32.2. The number of thioether (sulfide) groups is 1. The Morgan fingerprint density at radius 1 is 1.31 bits per heavy atom. The summed E-state index contributed by atoms with van der Waals surface area (Å²) in [6.45, 7) is 6.02. The third kappa shape index (κ3) is 5.55. The minimum absolute atomic E-state index is 0.374. The van der Waals surface area contributed by atoms with Crippen LogP contribution in [0.1, 0.15) is 26.2 Å². The first kappa shape index (κ1) is 11.3. The van der Waals surface area contributed by atoms with Crippen LogP contribution in [-0.2, 0) is 0 Å². The summed E-state index contributed by atoms with van der Waals surface area (Å²) < 4.78 is 0. The van der Waals surface area contributed by atoms with E-state index in [0.29, 0.717) is 6.04 Å². The Morgan fingerprint density at radius 2 is 2.00 bits per heavy atom. The van der Waals surface area contributed by atoms with Crippen LogP contribution < -0.4 is 5.73 Å². The molecule has 78 valence electrons. The van der Waals surface area contributed by atoms with Crippen molar-refractivity contribution in [1.82, 2.24) is 4.90 Å². The first-order valence-electron chi connectivity index (χ1n) is 5.34. The van der Waals surface area contributed by atoms with Crippen molar-refractivity contribution < 1.29 is 0 Å². The highest BCUT2D eigenvalue weighted by Crippen LogP contribution is 2.10. The van der Waals surface area contributed by atoms with Gasteiger partial charge in [-0.15, -0.1) is 0 Å². The normalized spacial score (nSPS) is 20.8. The molecule has 1 saturated heterocycles. The molecule has 1 heterocycles. The van der Waals surface area contributed by atoms with Gasteiger partial charge in [0.15, 0.2) is 0 Å². The molecule has 1 aliphatic rings. The van der Waals surface area contributed by atoms with Gasteiger partial charge in [0, 0.05) is 18.3 Å². The van der Waals surface area contributed by atoms with Gasteiger partial charge in [-0.05, 0) is 45.0 Å². The number of nitrogens with two attached hydrogens (primary N) is 1. The Balaban J connectivity index is 1.83. The van der Waals surface area contributed by atoms with E-state index in [4.69, 9.17) is 5.73 Å². The molecule has 0 aromatic heterocycles. The van der Waals surface area contributed by atoms with Gasteiger partial charge in [-0.25, -0.2) is 0 Å². The molecule has 1 atom stereocenters. The number of rotatable bonds is 6. The van der Waals surface area contributed by atoms with E-state index >= 15 is 0 Å². The molecule has 1 fully saturated rings. The molecule has 0 aromatic rings. The van der Waals surface area contributed by atoms with Crippen molar-refractivity contribution in [3.63, 3.8) is 0 Å². The van der Waals surface area contributed by atoms with Crippen molar-refractivity contribution in [3.05, 3.63) is 0 Å². The molecule has 0 aliphatic carbocycles. The van der Waals surface area contributed by atoms with Crippen molar-refractivity contribution in [1.29, 1.82) is 0 Å². The zero-order valence-corrected chi connectivity index (χ0v) is 9.48. The lowest BCUT2D eigenvalue weighted by molar-refractivity contribution is 0.362. The number of nitrogens with zero attached hydrogens (tertiary/aromatic N) is 1. The molecule has 3 heteroatoms. The van der Waals surface area contributed by atoms with Gasteiger partial charge in [-0.3, -0.25) is 0 Å². The molecule has 0 amide bonds. The molecule has 0 bridgehead atoms. The van der Waals surface area contributed by atoms with E-state index in [2.05, 4.69) is 11.8 Å². The Morgan fingerprint density at radius 3 is 2.62 bits per heavy atom. The highest BCUT2D eigenvalue weighted by Gasteiger charge is 2.09. The van der Waals surface area contributed by atoms with Gasteiger partial charge in [0.1, 0.15) is 0 Å². The predicted molar refractivity (Wildman–Crippen MR) is 61.3 cm³/mol. The minimum atomic E-state index is 0.374. The Hall–Kier alpha value is 0.270. The molecule has 0 radical (unpaired) electrons. The first-order chi connectivity index (χ1) is 6.29. The zero-order chi connectivity index (χ0) is 9.52. The highest BCUT2D eigenvalue weighted by molar-refractivity contribution is 7.99. The second-order valence-electron chi connectivity index (χ2n) is 3.93. The van der Waals surface area contributed by atoms with E-state index in [0.717, 1.165) is 6.42 Å². The largest absolute Gasteiger partial charge is 0.328 e. The molecule has 0 aromatic carbocycles. The third-order valence-electron chi connectivity index (χ3n) is 2.47. The van der Waals surface area contributed by atoms with Crippen molar-refractivity contribution in [3.8, 4) is 0 Å². The molecule has 0 saturated carbocycles. The predicted octanol–water partition coefficient (Wildman–Crippen LogP) is 1.55. The Kier molecular flexibility index (Phi) is 5.83. The topological polar surface area (TPSA) is 29.3 Å². The van der Waals surface area contributed by atoms with Crippen LogP contribution in [-0.4, -0.2) is 42.1 Å². The molecule has 1 rings (SSSR count). The van der Waals surface area contributed by atoms with Crippen LogP contribution in [0.5, 0.6) is 0 Å². The zero-order valence-electron chi connectivity index (χ0n) is 8.67. The molecule has 13 heavy (non-hydrogen) atoms. The summed E-state index contributed by atoms with van der Waals surface area (Å²) in [6, 6.07) is 0.374. The van der Waals surface area contributed by atoms with Crippen LogP contribution in [0.3, 0.4) is 0 Å². The fourth-order valence-corrected chi connectivity index (χ4v) is 2.70. The lowest BCUT2D eigenvalue weighted by Crippen LogP contribution is -2.22. The fraction of sp³-hybridized carbons (Fsp3) is 1.00. The van der Waals surface area contributed by atoms with Gasteiger partial charge < -0.3 is 10.6 Å². The molecule has 1 unspecified atom stereocenters. The van der Waals surface area contributed by atoms with Crippen LogP contribution >= 0.6 is 11.8 Å². The van der Waals surface area contributed by atoms with Crippen LogP contribution in [0, 0.1) is 0 Å². The minimum Gasteiger partial charge on any atom is -0.328 e. The molecular weight excluding hydrogens is 180 g/mol. The maximum Gasteiger partial charge on any atom is 0.00723 e. The molecule has 2 nitrogen and oxygen atoms in total. The fourth-order valence-electron chi connectivity index (χ4n) is 1.57. The van der Waals surface area contributed by atoms with Crippen LogP contribution in [0.15, 0.2) is 0 Å². The van der Waals surface area contributed by atoms with E-state index in [1.54, 1.807) is 0 Å². The summed E-state index contributed by atoms with van der Waals surface area (Å²) in [5.41, 5.74) is 5.67. The molecule has 1 aliphatic heterocycles. The lowest BCUT2D eigenvalue weighted by Gasteiger charge is -2.13. The van der Waals surface area contributed by atoms with Crippen molar-refractivity contribution >= 4 is 11.8 Å². The van der Waals surface area contributed by atoms with E-state index < -0.39 is 0 Å². The molecule has 2 N–H and O–H groups in total. The maximum atomic E-state index is 5.67. The monoisotopic (exact) mass is 202 g/mol. The summed E-state index contributed by atoms with van der Waals surface area (Å²) in [5.74, 6) is 2.51. The Labute approximate surface area is 86.2 Å². The van der Waals surface area contributed by atoms with Crippen LogP contribution in [0.25, 0.3) is 0 Å². The summed E-state index contributed by atoms with van der Waals surface area (Å²) in [7, 11) is 0. The average molecular weight is 202 g/mol. The van der Waals surface area contributed by atoms with E-state index in [-0.39, 0.29) is 0 Å². The maximum absolute atomic E-state index is 5.67. The van der Waals surface area contributed by atoms with Gasteiger partial charge in [-0.2, -0.15) is 11.8 Å². The van der Waals surface area contributed by atoms with E-state index in [9.17, 15) is 0 Å². The molecular formula is C10H22N2S. The van der Waals surface area contributed by atoms with E-state index in [1.165, 1.54) is 44.0 Å². The smallest absolute Gasteiger partial charge is 0.00723 e. The van der Waals surface area contributed by atoms with Crippen molar-refractivity contribution in [2.75, 3.05) is 31.1 Å². The summed E-state index contributed by atoms with van der Waals surface area (Å²) in [5, 5.41) is 0. The van der Waals surface area contributed by atoms with Crippen LogP contribution in [0.2, 0.25) is 0 Å². The van der Waals surface area contributed by atoms with Gasteiger partial charge in [-0.1, -0.05) is 0 Å². The van der Waals surface area contributed by atoms with Gasteiger partial charge in [0.05, 0.1) is 0 Å². The summed E-state index contributed by atoms with van der Waals surface area (Å²) >= 11 is 2.05. The third-order valence-corrected chi connectivity index (χ3v) is 3.46. The SMILES string of the molecule is CC(N)CCSCCN1CCCC1. The standard InChI is InChI=1S/C10H22N2S/c1-10(11)4-8-13-9-7-12-5-2-3-6-12/h10H,2-9,11H2,1H3.